The van der Waals surface area contributed by atoms with Gasteiger partial charge in [0.15, 0.2) is 0 Å². The van der Waals surface area contributed by atoms with Gasteiger partial charge < -0.3 is 10.2 Å². The summed E-state index contributed by atoms with van der Waals surface area (Å²) in [6.07, 6.45) is -0.262. The summed E-state index contributed by atoms with van der Waals surface area (Å²) < 4.78 is 0. The molecule has 0 saturated heterocycles. The molecular formula is C8H17NO3. The van der Waals surface area contributed by atoms with Gasteiger partial charge in [-0.15, -0.1) is 0 Å². The zero-order valence-electron chi connectivity index (χ0n) is 8.03. The molecule has 0 aromatic heterocycles. The summed E-state index contributed by atoms with van der Waals surface area (Å²) >= 11 is 0. The summed E-state index contributed by atoms with van der Waals surface area (Å²) in [5.41, 5.74) is -1.26. The number of aliphatic carboxylic acids is 1. The normalized spacial score (nSPS) is 16.6. The highest BCUT2D eigenvalue weighted by atomic mass is 16.4. The van der Waals surface area contributed by atoms with Crippen LogP contribution in [0.4, 0.5) is 0 Å². The summed E-state index contributed by atoms with van der Waals surface area (Å²) in [5, 5.41) is 18.2. The van der Waals surface area contributed by atoms with Crippen LogP contribution in [0, 0.1) is 0 Å². The predicted molar refractivity (Wildman–Crippen MR) is 45.8 cm³/mol. The van der Waals surface area contributed by atoms with Gasteiger partial charge in [0.25, 0.3) is 0 Å². The maximum absolute atomic E-state index is 10.4. The Balaban J connectivity index is 4.28. The Morgan fingerprint density at radius 3 is 2.25 bits per heavy atom. The SMILES string of the molecule is CC(C)N(C)C(C)(O)CC(=O)O. The van der Waals surface area contributed by atoms with E-state index in [1.165, 1.54) is 6.92 Å². The lowest BCUT2D eigenvalue weighted by Gasteiger charge is -2.35. The highest BCUT2D eigenvalue weighted by Crippen LogP contribution is 2.16. The second-order valence-corrected chi connectivity index (χ2v) is 3.49. The average molecular weight is 175 g/mol. The summed E-state index contributed by atoms with van der Waals surface area (Å²) in [6, 6.07) is 0.124. The topological polar surface area (TPSA) is 60.8 Å². The Labute approximate surface area is 72.8 Å². The van der Waals surface area contributed by atoms with Crippen LogP contribution in [0.1, 0.15) is 27.2 Å². The first-order valence-corrected chi connectivity index (χ1v) is 3.94. The van der Waals surface area contributed by atoms with Crippen LogP contribution in [0.25, 0.3) is 0 Å². The molecule has 0 radical (unpaired) electrons. The van der Waals surface area contributed by atoms with E-state index in [0.29, 0.717) is 0 Å². The largest absolute Gasteiger partial charge is 0.481 e. The number of nitrogens with zero attached hydrogens (tertiary/aromatic N) is 1. The molecule has 0 spiro atoms. The number of aliphatic hydroxyl groups is 1. The Hall–Kier alpha value is -0.610. The van der Waals surface area contributed by atoms with Crippen molar-refractivity contribution in [1.82, 2.24) is 4.90 Å². The molecule has 12 heavy (non-hydrogen) atoms. The number of carboxylic acid groups (broad SMARTS) is 1. The van der Waals surface area contributed by atoms with Crippen molar-refractivity contribution in [2.45, 2.75) is 39.0 Å². The van der Waals surface area contributed by atoms with Crippen LogP contribution in [0.3, 0.4) is 0 Å². The first kappa shape index (κ1) is 11.4. The van der Waals surface area contributed by atoms with Crippen LogP contribution in [-0.2, 0) is 4.79 Å². The van der Waals surface area contributed by atoms with Gasteiger partial charge in [0.2, 0.25) is 0 Å². The number of carboxylic acids is 1. The lowest BCUT2D eigenvalue weighted by molar-refractivity contribution is -0.153. The molecule has 0 aromatic carbocycles. The van der Waals surface area contributed by atoms with Crippen molar-refractivity contribution >= 4 is 5.97 Å². The summed E-state index contributed by atoms with van der Waals surface area (Å²) in [5.74, 6) is -0.993. The van der Waals surface area contributed by atoms with Gasteiger partial charge >= 0.3 is 5.97 Å². The molecule has 72 valence electrons. The first-order chi connectivity index (χ1) is 5.27. The van der Waals surface area contributed by atoms with Crippen molar-refractivity contribution in [3.8, 4) is 0 Å². The summed E-state index contributed by atoms with van der Waals surface area (Å²) in [7, 11) is 1.70. The molecule has 0 aliphatic rings. The quantitative estimate of drug-likeness (QED) is 0.611. The molecule has 0 bridgehead atoms. The molecule has 0 fully saturated rings. The van der Waals surface area contributed by atoms with Crippen molar-refractivity contribution in [3.63, 3.8) is 0 Å². The Morgan fingerprint density at radius 2 is 2.00 bits per heavy atom. The van der Waals surface area contributed by atoms with Crippen molar-refractivity contribution in [2.75, 3.05) is 7.05 Å². The highest BCUT2D eigenvalue weighted by molar-refractivity contribution is 5.67. The lowest BCUT2D eigenvalue weighted by atomic mass is 10.1. The molecule has 1 atom stereocenters. The second kappa shape index (κ2) is 3.87. The van der Waals surface area contributed by atoms with Gasteiger partial charge in [0.1, 0.15) is 5.72 Å². The molecule has 4 heteroatoms. The smallest absolute Gasteiger partial charge is 0.307 e. The third-order valence-electron chi connectivity index (χ3n) is 2.02. The summed E-state index contributed by atoms with van der Waals surface area (Å²) in [6.45, 7) is 5.30. The van der Waals surface area contributed by atoms with Crippen molar-refractivity contribution in [2.24, 2.45) is 0 Å². The van der Waals surface area contributed by atoms with Crippen molar-refractivity contribution in [1.29, 1.82) is 0 Å². The second-order valence-electron chi connectivity index (χ2n) is 3.49. The molecule has 2 N–H and O–H groups in total. The van der Waals surface area contributed by atoms with Crippen LogP contribution >= 0.6 is 0 Å². The van der Waals surface area contributed by atoms with Crippen LogP contribution < -0.4 is 0 Å². The van der Waals surface area contributed by atoms with E-state index in [0.717, 1.165) is 0 Å². The molecule has 0 heterocycles. The van der Waals surface area contributed by atoms with E-state index in [9.17, 15) is 9.90 Å². The first-order valence-electron chi connectivity index (χ1n) is 3.94. The molecular weight excluding hydrogens is 158 g/mol. The Morgan fingerprint density at radius 1 is 1.58 bits per heavy atom. The van der Waals surface area contributed by atoms with Gasteiger partial charge in [-0.05, 0) is 27.8 Å². The van der Waals surface area contributed by atoms with Crippen LogP contribution in [-0.4, -0.2) is 39.9 Å². The number of carbonyl (C=O) groups is 1. The predicted octanol–water partition coefficient (Wildman–Crippen LogP) is 0.510. The molecule has 0 aliphatic heterocycles. The van der Waals surface area contributed by atoms with Crippen LogP contribution in [0.5, 0.6) is 0 Å². The molecule has 1 unspecified atom stereocenters. The van der Waals surface area contributed by atoms with Crippen LogP contribution in [0.15, 0.2) is 0 Å². The van der Waals surface area contributed by atoms with Gasteiger partial charge in [-0.3, -0.25) is 9.69 Å². The zero-order valence-corrected chi connectivity index (χ0v) is 8.03. The minimum atomic E-state index is -1.26. The minimum absolute atomic E-state index is 0.124. The van der Waals surface area contributed by atoms with Crippen molar-refractivity contribution < 1.29 is 15.0 Å². The average Bonchev–Trinajstić information content (AvgIpc) is 1.82. The van der Waals surface area contributed by atoms with E-state index in [1.807, 2.05) is 13.8 Å². The maximum atomic E-state index is 10.4. The molecule has 0 aromatic rings. The molecule has 0 aliphatic carbocycles. The number of hydrogen-bond acceptors (Lipinski definition) is 3. The summed E-state index contributed by atoms with van der Waals surface area (Å²) in [4.78, 5) is 12.0. The Bertz CT molecular complexity index is 166. The molecule has 0 amide bonds. The van der Waals surface area contributed by atoms with E-state index >= 15 is 0 Å². The Kier molecular flexibility index (Phi) is 3.67. The van der Waals surface area contributed by atoms with Gasteiger partial charge in [-0.25, -0.2) is 0 Å². The fourth-order valence-electron chi connectivity index (χ4n) is 0.967. The van der Waals surface area contributed by atoms with Gasteiger partial charge in [-0.1, -0.05) is 0 Å². The fraction of sp³-hybridized carbons (Fsp3) is 0.875. The third-order valence-corrected chi connectivity index (χ3v) is 2.02. The van der Waals surface area contributed by atoms with Gasteiger partial charge in [0, 0.05) is 6.04 Å². The minimum Gasteiger partial charge on any atom is -0.481 e. The fourth-order valence-corrected chi connectivity index (χ4v) is 0.967. The lowest BCUT2D eigenvalue weighted by Crippen LogP contribution is -2.48. The zero-order chi connectivity index (χ0) is 9.94. The van der Waals surface area contributed by atoms with E-state index in [4.69, 9.17) is 5.11 Å². The van der Waals surface area contributed by atoms with Crippen molar-refractivity contribution in [3.05, 3.63) is 0 Å². The van der Waals surface area contributed by atoms with Gasteiger partial charge in [0.05, 0.1) is 6.42 Å². The number of rotatable bonds is 4. The standard InChI is InChI=1S/C8H17NO3/c1-6(2)9(4)8(3,12)5-7(10)11/h6,12H,5H2,1-4H3,(H,10,11). The van der Waals surface area contributed by atoms with Gasteiger partial charge in [-0.2, -0.15) is 0 Å². The number of hydrogen-bond donors (Lipinski definition) is 2. The molecule has 0 saturated carbocycles. The highest BCUT2D eigenvalue weighted by Gasteiger charge is 2.30. The molecule has 4 nitrogen and oxygen atoms in total. The van der Waals surface area contributed by atoms with E-state index in [1.54, 1.807) is 11.9 Å². The molecule has 0 rings (SSSR count). The maximum Gasteiger partial charge on any atom is 0.307 e. The van der Waals surface area contributed by atoms with E-state index in [2.05, 4.69) is 0 Å². The van der Waals surface area contributed by atoms with E-state index < -0.39 is 11.7 Å². The monoisotopic (exact) mass is 175 g/mol. The third kappa shape index (κ3) is 3.19. The van der Waals surface area contributed by atoms with Crippen LogP contribution in [0.2, 0.25) is 0 Å². The van der Waals surface area contributed by atoms with E-state index in [-0.39, 0.29) is 12.5 Å².